The van der Waals surface area contributed by atoms with E-state index in [0.29, 0.717) is 35.8 Å². The van der Waals surface area contributed by atoms with Crippen molar-refractivity contribution in [1.29, 1.82) is 0 Å². The van der Waals surface area contributed by atoms with Gasteiger partial charge in [0.25, 0.3) is 5.56 Å². The Balaban J connectivity index is 2.16. The summed E-state index contributed by atoms with van der Waals surface area (Å²) in [5.74, 6) is -0.00787. The van der Waals surface area contributed by atoms with Crippen LogP contribution in [0.15, 0.2) is 39.3 Å². The maximum absolute atomic E-state index is 12.7. The number of hydrogen-bond acceptors (Lipinski definition) is 6. The number of aromatic hydroxyl groups is 1. The van der Waals surface area contributed by atoms with Gasteiger partial charge in [-0.3, -0.25) is 9.36 Å². The van der Waals surface area contributed by atoms with Crippen LogP contribution in [0.5, 0.6) is 5.88 Å². The molecule has 2 rings (SSSR count). The quantitative estimate of drug-likeness (QED) is 0.291. The van der Waals surface area contributed by atoms with Crippen molar-refractivity contribution in [2.75, 3.05) is 6.61 Å². The van der Waals surface area contributed by atoms with Crippen molar-refractivity contribution >= 4 is 17.3 Å². The van der Waals surface area contributed by atoms with Crippen LogP contribution in [0, 0.1) is 12.8 Å². The summed E-state index contributed by atoms with van der Waals surface area (Å²) >= 11 is 0. The van der Waals surface area contributed by atoms with E-state index in [-0.39, 0.29) is 23.1 Å². The van der Waals surface area contributed by atoms with Gasteiger partial charge in [0.1, 0.15) is 0 Å². The molecule has 1 N–H and O–H groups in total. The number of carbonyl (C=O) groups excluding carboxylic acids is 1. The Morgan fingerprint density at radius 2 is 1.76 bits per heavy atom. The number of carbonyl (C=O) groups is 1. The maximum atomic E-state index is 12.7. The predicted molar refractivity (Wildman–Crippen MR) is 131 cm³/mol. The van der Waals surface area contributed by atoms with E-state index in [4.69, 9.17) is 4.74 Å². The molecule has 2 aromatic rings. The van der Waals surface area contributed by atoms with E-state index in [1.807, 2.05) is 0 Å². The fourth-order valence-corrected chi connectivity index (χ4v) is 3.66. The van der Waals surface area contributed by atoms with Crippen molar-refractivity contribution < 1.29 is 14.6 Å². The largest absolute Gasteiger partial charge is 0.494 e. The minimum atomic E-state index is -0.387. The fraction of sp³-hybridized carbons (Fsp3) is 0.538. The van der Waals surface area contributed by atoms with Crippen LogP contribution >= 0.6 is 0 Å². The SMILES string of the molecule is CCCCc1c(C)c(O)n(C)c(=O)c1N=Nc1ccc(C(=O)OCC(CC)CCCC)cc1. The van der Waals surface area contributed by atoms with Gasteiger partial charge < -0.3 is 9.84 Å². The van der Waals surface area contributed by atoms with Crippen LogP contribution in [0.3, 0.4) is 0 Å². The zero-order valence-electron chi connectivity index (χ0n) is 20.6. The van der Waals surface area contributed by atoms with Crippen molar-refractivity contribution in [3.05, 3.63) is 51.3 Å². The molecule has 180 valence electrons. The van der Waals surface area contributed by atoms with Crippen molar-refractivity contribution in [3.63, 3.8) is 0 Å². The van der Waals surface area contributed by atoms with Gasteiger partial charge in [0.15, 0.2) is 11.6 Å². The summed E-state index contributed by atoms with van der Waals surface area (Å²) in [4.78, 5) is 25.1. The molecule has 0 saturated carbocycles. The van der Waals surface area contributed by atoms with E-state index in [0.717, 1.165) is 44.1 Å². The van der Waals surface area contributed by atoms with Crippen molar-refractivity contribution in [3.8, 4) is 5.88 Å². The molecule has 1 aromatic heterocycles. The first-order valence-corrected chi connectivity index (χ1v) is 11.9. The Bertz CT molecular complexity index is 1010. The van der Waals surface area contributed by atoms with Gasteiger partial charge in [0.2, 0.25) is 0 Å². The zero-order chi connectivity index (χ0) is 24.4. The topological polar surface area (TPSA) is 93.3 Å². The smallest absolute Gasteiger partial charge is 0.338 e. The lowest BCUT2D eigenvalue weighted by molar-refractivity contribution is 0.0428. The number of pyridine rings is 1. The van der Waals surface area contributed by atoms with Gasteiger partial charge in [-0.25, -0.2) is 4.79 Å². The summed E-state index contributed by atoms with van der Waals surface area (Å²) in [5.41, 5.74) is 2.19. The van der Waals surface area contributed by atoms with Gasteiger partial charge >= 0.3 is 5.97 Å². The second-order valence-corrected chi connectivity index (χ2v) is 8.51. The number of esters is 1. The van der Waals surface area contributed by atoms with Crippen LogP contribution in [0.25, 0.3) is 0 Å². The number of unbranched alkanes of at least 4 members (excludes halogenated alkanes) is 2. The molecule has 1 aromatic carbocycles. The highest BCUT2D eigenvalue weighted by molar-refractivity contribution is 5.89. The number of hydrogen-bond donors (Lipinski definition) is 1. The number of azo groups is 1. The Kier molecular flexibility index (Phi) is 10.3. The predicted octanol–water partition coefficient (Wildman–Crippen LogP) is 6.53. The minimum Gasteiger partial charge on any atom is -0.494 e. The zero-order valence-corrected chi connectivity index (χ0v) is 20.6. The highest BCUT2D eigenvalue weighted by Gasteiger charge is 2.17. The summed E-state index contributed by atoms with van der Waals surface area (Å²) in [6.07, 6.45) is 6.81. The van der Waals surface area contributed by atoms with Crippen LogP contribution in [0.1, 0.15) is 80.8 Å². The lowest BCUT2D eigenvalue weighted by Crippen LogP contribution is -2.19. The Morgan fingerprint density at radius 1 is 1.09 bits per heavy atom. The van der Waals surface area contributed by atoms with Crippen LogP contribution < -0.4 is 5.56 Å². The first-order chi connectivity index (χ1) is 15.8. The molecule has 0 fully saturated rings. The molecular formula is C26H37N3O4. The number of aromatic nitrogens is 1. The van der Waals surface area contributed by atoms with Gasteiger partial charge in [-0.1, -0.05) is 46.5 Å². The van der Waals surface area contributed by atoms with Gasteiger partial charge in [-0.15, -0.1) is 5.11 Å². The molecular weight excluding hydrogens is 418 g/mol. The molecule has 0 bridgehead atoms. The molecule has 1 atom stereocenters. The molecule has 0 spiro atoms. The molecule has 1 heterocycles. The normalized spacial score (nSPS) is 12.3. The summed E-state index contributed by atoms with van der Waals surface area (Å²) in [5, 5.41) is 18.7. The molecule has 33 heavy (non-hydrogen) atoms. The van der Waals surface area contributed by atoms with Gasteiger partial charge in [-0.2, -0.15) is 5.11 Å². The molecule has 0 amide bonds. The fourth-order valence-electron chi connectivity index (χ4n) is 3.66. The highest BCUT2D eigenvalue weighted by Crippen LogP contribution is 2.28. The third-order valence-corrected chi connectivity index (χ3v) is 6.04. The molecule has 7 heteroatoms. The summed E-state index contributed by atoms with van der Waals surface area (Å²) in [6, 6.07) is 6.67. The van der Waals surface area contributed by atoms with E-state index >= 15 is 0 Å². The maximum Gasteiger partial charge on any atom is 0.338 e. The molecule has 0 aliphatic rings. The lowest BCUT2D eigenvalue weighted by Gasteiger charge is -2.14. The van der Waals surface area contributed by atoms with E-state index in [2.05, 4.69) is 31.0 Å². The molecule has 7 nitrogen and oxygen atoms in total. The average Bonchev–Trinajstić information content (AvgIpc) is 2.83. The van der Waals surface area contributed by atoms with E-state index in [1.54, 1.807) is 31.2 Å². The highest BCUT2D eigenvalue weighted by atomic mass is 16.5. The molecule has 1 unspecified atom stereocenters. The molecule has 0 aliphatic heterocycles. The van der Waals surface area contributed by atoms with Crippen molar-refractivity contribution in [1.82, 2.24) is 4.57 Å². The second kappa shape index (κ2) is 12.9. The lowest BCUT2D eigenvalue weighted by atomic mass is 10.0. The van der Waals surface area contributed by atoms with Crippen molar-refractivity contribution in [2.45, 2.75) is 72.6 Å². The second-order valence-electron chi connectivity index (χ2n) is 8.51. The minimum absolute atomic E-state index is 0.0482. The summed E-state index contributed by atoms with van der Waals surface area (Å²) in [7, 11) is 1.51. The summed E-state index contributed by atoms with van der Waals surface area (Å²) < 4.78 is 6.68. The standard InChI is InChI=1S/C26H37N3O4/c1-6-9-11-19(8-3)17-33-26(32)20-13-15-21(16-14-20)27-28-23-22(12-10-7-2)18(4)24(30)29(5)25(23)31/h13-16,19,30H,6-12,17H2,1-5H3. The Labute approximate surface area is 196 Å². The van der Waals surface area contributed by atoms with E-state index in [1.165, 1.54) is 11.6 Å². The van der Waals surface area contributed by atoms with E-state index < -0.39 is 0 Å². The molecule has 0 radical (unpaired) electrons. The number of nitrogens with zero attached hydrogens (tertiary/aromatic N) is 3. The number of benzene rings is 1. The third-order valence-electron chi connectivity index (χ3n) is 6.04. The van der Waals surface area contributed by atoms with Gasteiger partial charge in [0, 0.05) is 12.6 Å². The van der Waals surface area contributed by atoms with Crippen molar-refractivity contribution in [2.24, 2.45) is 23.2 Å². The van der Waals surface area contributed by atoms with Crippen LogP contribution in [0.2, 0.25) is 0 Å². The first kappa shape index (κ1) is 26.3. The number of rotatable bonds is 12. The van der Waals surface area contributed by atoms with Gasteiger partial charge in [-0.05, 0) is 61.9 Å². The molecule has 0 saturated heterocycles. The number of ether oxygens (including phenoxy) is 1. The Hall–Kier alpha value is -2.96. The third kappa shape index (κ3) is 7.01. The average molecular weight is 456 g/mol. The first-order valence-electron chi connectivity index (χ1n) is 11.9. The van der Waals surface area contributed by atoms with Crippen LogP contribution in [0.4, 0.5) is 11.4 Å². The van der Waals surface area contributed by atoms with Gasteiger partial charge in [0.05, 0.1) is 17.9 Å². The summed E-state index contributed by atoms with van der Waals surface area (Å²) in [6.45, 7) is 8.55. The van der Waals surface area contributed by atoms with Crippen LogP contribution in [-0.2, 0) is 18.2 Å². The van der Waals surface area contributed by atoms with E-state index in [9.17, 15) is 14.7 Å². The van der Waals surface area contributed by atoms with Crippen LogP contribution in [-0.4, -0.2) is 22.2 Å². The molecule has 0 aliphatic carbocycles. The Morgan fingerprint density at radius 3 is 2.36 bits per heavy atom. The monoisotopic (exact) mass is 455 g/mol.